The van der Waals surface area contributed by atoms with Gasteiger partial charge in [0.2, 0.25) is 5.91 Å². The summed E-state index contributed by atoms with van der Waals surface area (Å²) in [6, 6.07) is 7.71. The third-order valence-corrected chi connectivity index (χ3v) is 5.21. The zero-order valence-electron chi connectivity index (χ0n) is 13.4. The van der Waals surface area contributed by atoms with Gasteiger partial charge in [0.05, 0.1) is 16.9 Å². The van der Waals surface area contributed by atoms with Crippen molar-refractivity contribution in [2.45, 2.75) is 17.7 Å². The summed E-state index contributed by atoms with van der Waals surface area (Å²) in [6.07, 6.45) is 1.48. The van der Waals surface area contributed by atoms with Crippen molar-refractivity contribution in [1.82, 2.24) is 10.2 Å². The summed E-state index contributed by atoms with van der Waals surface area (Å²) in [4.78, 5) is 11.9. The van der Waals surface area contributed by atoms with Crippen LogP contribution in [-0.4, -0.2) is 30.3 Å². The lowest BCUT2D eigenvalue weighted by Gasteiger charge is -2.04. The number of anilines is 1. The van der Waals surface area contributed by atoms with Gasteiger partial charge >= 0.3 is 6.01 Å². The molecule has 8 nitrogen and oxygen atoms in total. The Hall–Kier alpha value is -3.01. The fourth-order valence-electron chi connectivity index (χ4n) is 2.14. The van der Waals surface area contributed by atoms with Gasteiger partial charge in [-0.05, 0) is 42.8 Å². The van der Waals surface area contributed by atoms with Crippen LogP contribution in [0.15, 0.2) is 56.4 Å². The number of aromatic nitrogens is 2. The number of carbonyl (C=O) groups is 1. The van der Waals surface area contributed by atoms with Gasteiger partial charge in [-0.2, -0.15) is 0 Å². The Morgan fingerprint density at radius 2 is 1.92 bits per heavy atom. The number of benzene rings is 1. The Morgan fingerprint density at radius 1 is 1.15 bits per heavy atom. The summed E-state index contributed by atoms with van der Waals surface area (Å²) in [5.74, 6) is -0.744. The van der Waals surface area contributed by atoms with Crippen LogP contribution in [0.4, 0.5) is 10.4 Å². The molecule has 3 aromatic rings. The molecule has 10 heteroatoms. The topological polar surface area (TPSA) is 115 Å². The van der Waals surface area contributed by atoms with Crippen molar-refractivity contribution in [3.05, 3.63) is 48.5 Å². The quantitative estimate of drug-likeness (QED) is 0.627. The zero-order valence-corrected chi connectivity index (χ0v) is 14.2. The molecule has 0 saturated heterocycles. The van der Waals surface area contributed by atoms with Crippen LogP contribution in [0.5, 0.6) is 0 Å². The van der Waals surface area contributed by atoms with Crippen molar-refractivity contribution in [2.24, 2.45) is 0 Å². The van der Waals surface area contributed by atoms with Crippen molar-refractivity contribution >= 4 is 21.8 Å². The van der Waals surface area contributed by atoms with Crippen molar-refractivity contribution < 1.29 is 26.4 Å². The lowest BCUT2D eigenvalue weighted by molar-refractivity contribution is -0.116. The van der Waals surface area contributed by atoms with E-state index < -0.39 is 21.6 Å². The molecule has 0 atom stereocenters. The number of halogens is 1. The van der Waals surface area contributed by atoms with E-state index in [9.17, 15) is 17.6 Å². The molecule has 1 amide bonds. The summed E-state index contributed by atoms with van der Waals surface area (Å²) < 4.78 is 47.4. The van der Waals surface area contributed by atoms with Crippen molar-refractivity contribution in [1.29, 1.82) is 0 Å². The predicted octanol–water partition coefficient (Wildman–Crippen LogP) is 2.66. The first kappa shape index (κ1) is 17.8. The Balaban J connectivity index is 1.50. The van der Waals surface area contributed by atoms with E-state index in [-0.39, 0.29) is 35.4 Å². The molecule has 136 valence electrons. The molecule has 1 N–H and O–H groups in total. The van der Waals surface area contributed by atoms with Crippen LogP contribution in [0.1, 0.15) is 12.8 Å². The van der Waals surface area contributed by atoms with E-state index in [1.54, 1.807) is 12.1 Å². The molecule has 0 saturated carbocycles. The number of furan rings is 1. The first-order valence-corrected chi connectivity index (χ1v) is 9.25. The van der Waals surface area contributed by atoms with E-state index in [4.69, 9.17) is 8.83 Å². The Kier molecular flexibility index (Phi) is 5.12. The predicted molar refractivity (Wildman–Crippen MR) is 88.3 cm³/mol. The van der Waals surface area contributed by atoms with Gasteiger partial charge in [0, 0.05) is 6.42 Å². The minimum absolute atomic E-state index is 0.0132. The maximum absolute atomic E-state index is 12.9. The lowest BCUT2D eigenvalue weighted by Crippen LogP contribution is -2.14. The molecule has 0 aliphatic heterocycles. The first-order chi connectivity index (χ1) is 12.4. The molecule has 0 unspecified atom stereocenters. The van der Waals surface area contributed by atoms with E-state index in [0.29, 0.717) is 5.76 Å². The number of sulfone groups is 1. The highest BCUT2D eigenvalue weighted by Gasteiger charge is 2.16. The van der Waals surface area contributed by atoms with Crippen molar-refractivity contribution in [3.8, 4) is 11.7 Å². The second-order valence-electron chi connectivity index (χ2n) is 5.31. The Bertz CT molecular complexity index is 981. The third kappa shape index (κ3) is 4.33. The van der Waals surface area contributed by atoms with E-state index in [1.165, 1.54) is 18.4 Å². The number of amides is 1. The van der Waals surface area contributed by atoms with Crippen molar-refractivity contribution in [3.63, 3.8) is 0 Å². The van der Waals surface area contributed by atoms with Gasteiger partial charge in [-0.3, -0.25) is 10.1 Å². The average molecular weight is 379 g/mol. The summed E-state index contributed by atoms with van der Waals surface area (Å²) in [5, 5.41) is 9.78. The number of hydrogen-bond acceptors (Lipinski definition) is 7. The van der Waals surface area contributed by atoms with Gasteiger partial charge in [0.25, 0.3) is 5.89 Å². The zero-order chi connectivity index (χ0) is 18.6. The maximum Gasteiger partial charge on any atom is 0.322 e. The minimum Gasteiger partial charge on any atom is -0.459 e. The molecule has 2 heterocycles. The molecule has 0 radical (unpaired) electrons. The fourth-order valence-corrected chi connectivity index (χ4v) is 3.45. The number of nitrogens with zero attached hydrogens (tertiary/aromatic N) is 2. The SMILES string of the molecule is O=C(CCCS(=O)(=O)c1ccc(F)cc1)Nc1nnc(-c2ccco2)o1. The highest BCUT2D eigenvalue weighted by molar-refractivity contribution is 7.91. The van der Waals surface area contributed by atoms with Crippen LogP contribution in [0, 0.1) is 5.82 Å². The smallest absolute Gasteiger partial charge is 0.322 e. The Morgan fingerprint density at radius 3 is 2.62 bits per heavy atom. The summed E-state index contributed by atoms with van der Waals surface area (Å²) in [7, 11) is -3.58. The first-order valence-electron chi connectivity index (χ1n) is 7.59. The summed E-state index contributed by atoms with van der Waals surface area (Å²) in [5.41, 5.74) is 0. The molecule has 0 aliphatic carbocycles. The van der Waals surface area contributed by atoms with Crippen LogP contribution in [0.25, 0.3) is 11.7 Å². The third-order valence-electron chi connectivity index (χ3n) is 3.39. The standard InChI is InChI=1S/C16H14FN3O5S/c17-11-5-7-12(8-6-11)26(22,23)10-2-4-14(21)18-16-20-19-15(25-16)13-3-1-9-24-13/h1,3,5-9H,2,4,10H2,(H,18,20,21). The lowest BCUT2D eigenvalue weighted by atomic mass is 10.3. The molecule has 1 aromatic carbocycles. The normalized spacial score (nSPS) is 11.4. The van der Waals surface area contributed by atoms with Gasteiger partial charge < -0.3 is 8.83 Å². The van der Waals surface area contributed by atoms with Crippen LogP contribution >= 0.6 is 0 Å². The highest BCUT2D eigenvalue weighted by atomic mass is 32.2. The summed E-state index contributed by atoms with van der Waals surface area (Å²) in [6.45, 7) is 0. The number of hydrogen-bond donors (Lipinski definition) is 1. The molecule has 0 spiro atoms. The van der Waals surface area contributed by atoms with E-state index >= 15 is 0 Å². The van der Waals surface area contributed by atoms with Gasteiger partial charge in [0.1, 0.15) is 5.82 Å². The average Bonchev–Trinajstić information content (AvgIpc) is 3.26. The van der Waals surface area contributed by atoms with Crippen LogP contribution in [0.3, 0.4) is 0 Å². The second kappa shape index (κ2) is 7.48. The summed E-state index contributed by atoms with van der Waals surface area (Å²) >= 11 is 0. The van der Waals surface area contributed by atoms with Gasteiger partial charge in [-0.1, -0.05) is 5.10 Å². The molecular weight excluding hydrogens is 365 g/mol. The molecule has 0 fully saturated rings. The molecular formula is C16H14FN3O5S. The molecule has 0 aliphatic rings. The molecule has 26 heavy (non-hydrogen) atoms. The maximum atomic E-state index is 12.9. The van der Waals surface area contributed by atoms with E-state index in [0.717, 1.165) is 12.1 Å². The van der Waals surface area contributed by atoms with Crippen LogP contribution in [-0.2, 0) is 14.6 Å². The van der Waals surface area contributed by atoms with E-state index in [2.05, 4.69) is 15.5 Å². The number of carbonyl (C=O) groups excluding carboxylic acids is 1. The highest BCUT2D eigenvalue weighted by Crippen LogP contribution is 2.20. The van der Waals surface area contributed by atoms with E-state index in [1.807, 2.05) is 0 Å². The molecule has 2 aromatic heterocycles. The number of nitrogens with one attached hydrogen (secondary N) is 1. The Labute approximate surface area is 148 Å². The molecule has 0 bridgehead atoms. The van der Waals surface area contributed by atoms with Crippen LogP contribution < -0.4 is 5.32 Å². The fraction of sp³-hybridized carbons (Fsp3) is 0.188. The molecule has 3 rings (SSSR count). The largest absolute Gasteiger partial charge is 0.459 e. The van der Waals surface area contributed by atoms with Gasteiger partial charge in [0.15, 0.2) is 15.6 Å². The van der Waals surface area contributed by atoms with Crippen molar-refractivity contribution in [2.75, 3.05) is 11.1 Å². The van der Waals surface area contributed by atoms with Gasteiger partial charge in [-0.25, -0.2) is 12.8 Å². The van der Waals surface area contributed by atoms with Gasteiger partial charge in [-0.15, -0.1) is 5.10 Å². The second-order valence-corrected chi connectivity index (χ2v) is 7.42. The monoisotopic (exact) mass is 379 g/mol. The minimum atomic E-state index is -3.58. The number of rotatable bonds is 7. The van der Waals surface area contributed by atoms with Crippen LogP contribution in [0.2, 0.25) is 0 Å².